The number of carbonyl (C=O) groups excluding carboxylic acids is 1. The van der Waals surface area contributed by atoms with Gasteiger partial charge in [0.25, 0.3) is 0 Å². The van der Waals surface area contributed by atoms with Crippen molar-refractivity contribution < 1.29 is 13.9 Å². The van der Waals surface area contributed by atoms with Crippen LogP contribution in [0, 0.1) is 5.82 Å². The van der Waals surface area contributed by atoms with Gasteiger partial charge in [-0.3, -0.25) is 4.79 Å². The smallest absolute Gasteiger partial charge is 0.173 e. The average Bonchev–Trinajstić information content (AvgIpc) is 2.46. The highest BCUT2D eigenvalue weighted by Gasteiger charge is 2.03. The molecule has 2 aromatic carbocycles. The number of hydrogen-bond donors (Lipinski definition) is 0. The first-order valence-electron chi connectivity index (χ1n) is 5.75. The standard InChI is InChI=1S/C15H12BrFO2/c16-9-15(18)12-3-7-14(8-4-12)19-10-11-1-5-13(17)6-2-11/h1-8H,9-10H2. The van der Waals surface area contributed by atoms with E-state index in [9.17, 15) is 9.18 Å². The first kappa shape index (κ1) is 13.7. The Morgan fingerprint density at radius 2 is 1.68 bits per heavy atom. The molecule has 98 valence electrons. The monoisotopic (exact) mass is 322 g/mol. The minimum absolute atomic E-state index is 0.0325. The normalized spacial score (nSPS) is 10.2. The summed E-state index contributed by atoms with van der Waals surface area (Å²) in [5.74, 6) is 0.446. The van der Waals surface area contributed by atoms with Crippen molar-refractivity contribution in [3.05, 3.63) is 65.5 Å². The predicted molar refractivity (Wildman–Crippen MR) is 75.3 cm³/mol. The van der Waals surface area contributed by atoms with Gasteiger partial charge in [-0.2, -0.15) is 0 Å². The summed E-state index contributed by atoms with van der Waals surface area (Å²) in [7, 11) is 0. The van der Waals surface area contributed by atoms with Crippen molar-refractivity contribution >= 4 is 21.7 Å². The Labute approximate surface area is 119 Å². The Morgan fingerprint density at radius 1 is 1.05 bits per heavy atom. The van der Waals surface area contributed by atoms with Crippen molar-refractivity contribution in [2.24, 2.45) is 0 Å². The summed E-state index contributed by atoms with van der Waals surface area (Å²) in [6.07, 6.45) is 0. The van der Waals surface area contributed by atoms with E-state index in [2.05, 4.69) is 15.9 Å². The fourth-order valence-electron chi connectivity index (χ4n) is 1.56. The maximum atomic E-state index is 12.7. The highest BCUT2D eigenvalue weighted by Crippen LogP contribution is 2.15. The van der Waals surface area contributed by atoms with E-state index in [1.54, 1.807) is 36.4 Å². The van der Waals surface area contributed by atoms with Gasteiger partial charge in [-0.15, -0.1) is 0 Å². The molecular weight excluding hydrogens is 311 g/mol. The molecule has 0 aromatic heterocycles. The molecule has 0 radical (unpaired) electrons. The van der Waals surface area contributed by atoms with E-state index in [1.165, 1.54) is 12.1 Å². The number of ketones is 1. The van der Waals surface area contributed by atoms with Crippen LogP contribution in [0.15, 0.2) is 48.5 Å². The summed E-state index contributed by atoms with van der Waals surface area (Å²) >= 11 is 3.13. The van der Waals surface area contributed by atoms with Crippen LogP contribution < -0.4 is 4.74 Å². The number of rotatable bonds is 5. The van der Waals surface area contributed by atoms with Gasteiger partial charge in [0.2, 0.25) is 0 Å². The maximum Gasteiger partial charge on any atom is 0.173 e. The van der Waals surface area contributed by atoms with Crippen LogP contribution in [0.3, 0.4) is 0 Å². The zero-order chi connectivity index (χ0) is 13.7. The van der Waals surface area contributed by atoms with Gasteiger partial charge in [-0.1, -0.05) is 28.1 Å². The maximum absolute atomic E-state index is 12.7. The lowest BCUT2D eigenvalue weighted by molar-refractivity contribution is 0.102. The SMILES string of the molecule is O=C(CBr)c1ccc(OCc2ccc(F)cc2)cc1. The Morgan fingerprint density at radius 3 is 2.26 bits per heavy atom. The summed E-state index contributed by atoms with van der Waals surface area (Å²) in [6, 6.07) is 13.1. The first-order valence-corrected chi connectivity index (χ1v) is 6.87. The molecule has 2 rings (SSSR count). The third-order valence-electron chi connectivity index (χ3n) is 2.62. The molecule has 2 aromatic rings. The van der Waals surface area contributed by atoms with Crippen molar-refractivity contribution in [1.82, 2.24) is 0 Å². The largest absolute Gasteiger partial charge is 0.489 e. The molecule has 0 aliphatic carbocycles. The molecular formula is C15H12BrFO2. The Kier molecular flexibility index (Phi) is 4.68. The number of alkyl halides is 1. The lowest BCUT2D eigenvalue weighted by Gasteiger charge is -2.06. The average molecular weight is 323 g/mol. The first-order chi connectivity index (χ1) is 9.19. The van der Waals surface area contributed by atoms with Gasteiger partial charge in [-0.25, -0.2) is 4.39 Å². The molecule has 0 N–H and O–H groups in total. The van der Waals surface area contributed by atoms with Crippen LogP contribution in [-0.4, -0.2) is 11.1 Å². The second-order valence-electron chi connectivity index (χ2n) is 4.00. The highest BCUT2D eigenvalue weighted by atomic mass is 79.9. The lowest BCUT2D eigenvalue weighted by atomic mass is 10.1. The molecule has 0 fully saturated rings. The molecule has 19 heavy (non-hydrogen) atoms. The van der Waals surface area contributed by atoms with E-state index in [-0.39, 0.29) is 11.6 Å². The minimum Gasteiger partial charge on any atom is -0.489 e. The van der Waals surface area contributed by atoms with E-state index in [1.807, 2.05) is 0 Å². The van der Waals surface area contributed by atoms with E-state index in [0.717, 1.165) is 5.56 Å². The third-order valence-corrected chi connectivity index (χ3v) is 3.13. The van der Waals surface area contributed by atoms with Gasteiger partial charge >= 0.3 is 0 Å². The fraction of sp³-hybridized carbons (Fsp3) is 0.133. The summed E-state index contributed by atoms with van der Waals surface area (Å²) in [4.78, 5) is 11.4. The number of hydrogen-bond acceptors (Lipinski definition) is 2. The van der Waals surface area contributed by atoms with Crippen molar-refractivity contribution in [3.63, 3.8) is 0 Å². The van der Waals surface area contributed by atoms with Crippen molar-refractivity contribution in [3.8, 4) is 5.75 Å². The van der Waals surface area contributed by atoms with Gasteiger partial charge in [0.05, 0.1) is 5.33 Å². The quantitative estimate of drug-likeness (QED) is 0.614. The highest BCUT2D eigenvalue weighted by molar-refractivity contribution is 9.09. The molecule has 0 heterocycles. The van der Waals surface area contributed by atoms with Crippen LogP contribution in [0.2, 0.25) is 0 Å². The lowest BCUT2D eigenvalue weighted by Crippen LogP contribution is -2.00. The molecule has 0 aliphatic rings. The zero-order valence-corrected chi connectivity index (χ0v) is 11.7. The molecule has 2 nitrogen and oxygen atoms in total. The molecule has 0 aliphatic heterocycles. The molecule has 0 unspecified atom stereocenters. The molecule has 0 amide bonds. The Hall–Kier alpha value is -1.68. The molecule has 0 spiro atoms. The van der Waals surface area contributed by atoms with E-state index in [4.69, 9.17) is 4.74 Å². The molecule has 0 saturated heterocycles. The van der Waals surface area contributed by atoms with Gasteiger partial charge in [0, 0.05) is 5.56 Å². The third kappa shape index (κ3) is 3.89. The van der Waals surface area contributed by atoms with Crippen molar-refractivity contribution in [2.45, 2.75) is 6.61 Å². The molecule has 0 bridgehead atoms. The van der Waals surface area contributed by atoms with Crippen molar-refractivity contribution in [1.29, 1.82) is 0 Å². The van der Waals surface area contributed by atoms with Gasteiger partial charge in [0.1, 0.15) is 18.2 Å². The number of ether oxygens (including phenoxy) is 1. The minimum atomic E-state index is -0.263. The topological polar surface area (TPSA) is 26.3 Å². The number of benzene rings is 2. The second-order valence-corrected chi connectivity index (χ2v) is 4.56. The van der Waals surface area contributed by atoms with E-state index < -0.39 is 0 Å². The van der Waals surface area contributed by atoms with Crippen LogP contribution in [-0.2, 0) is 6.61 Å². The Bertz CT molecular complexity index is 549. The molecule has 4 heteroatoms. The number of carbonyl (C=O) groups is 1. The van der Waals surface area contributed by atoms with Crippen LogP contribution >= 0.6 is 15.9 Å². The summed E-state index contributed by atoms with van der Waals surface area (Å²) in [5, 5.41) is 0.308. The van der Waals surface area contributed by atoms with E-state index >= 15 is 0 Å². The van der Waals surface area contributed by atoms with Crippen molar-refractivity contribution in [2.75, 3.05) is 5.33 Å². The fourth-order valence-corrected chi connectivity index (χ4v) is 1.89. The summed E-state index contributed by atoms with van der Waals surface area (Å²) in [6.45, 7) is 0.367. The van der Waals surface area contributed by atoms with Gasteiger partial charge in [0.15, 0.2) is 5.78 Å². The van der Waals surface area contributed by atoms with Crippen LogP contribution in [0.4, 0.5) is 4.39 Å². The summed E-state index contributed by atoms with van der Waals surface area (Å²) < 4.78 is 18.3. The molecule has 0 saturated carbocycles. The zero-order valence-electron chi connectivity index (χ0n) is 10.1. The Balaban J connectivity index is 1.96. The number of Topliss-reactive ketones (excluding diaryl/α,β-unsaturated/α-hetero) is 1. The second kappa shape index (κ2) is 6.48. The predicted octanol–water partition coefficient (Wildman–Crippen LogP) is 3.98. The summed E-state index contributed by atoms with van der Waals surface area (Å²) in [5.41, 5.74) is 1.54. The van der Waals surface area contributed by atoms with E-state index in [0.29, 0.717) is 23.2 Å². The van der Waals surface area contributed by atoms with Gasteiger partial charge in [-0.05, 0) is 42.0 Å². The van der Waals surface area contributed by atoms with Gasteiger partial charge < -0.3 is 4.74 Å². The van der Waals surface area contributed by atoms with Crippen LogP contribution in [0.1, 0.15) is 15.9 Å². The molecule has 0 atom stereocenters. The number of halogens is 2. The van der Waals surface area contributed by atoms with Crippen LogP contribution in [0.5, 0.6) is 5.75 Å². The van der Waals surface area contributed by atoms with Crippen LogP contribution in [0.25, 0.3) is 0 Å².